The second-order valence-electron chi connectivity index (χ2n) is 6.49. The summed E-state index contributed by atoms with van der Waals surface area (Å²) in [6.45, 7) is 4.01. The van der Waals surface area contributed by atoms with Crippen LogP contribution in [-0.4, -0.2) is 29.2 Å². The molecule has 0 saturated carbocycles. The molecule has 1 saturated heterocycles. The van der Waals surface area contributed by atoms with Crippen molar-refractivity contribution in [3.63, 3.8) is 0 Å². The van der Waals surface area contributed by atoms with Crippen molar-refractivity contribution in [1.82, 2.24) is 10.2 Å². The van der Waals surface area contributed by atoms with Gasteiger partial charge in [-0.3, -0.25) is 4.79 Å². The highest BCUT2D eigenvalue weighted by molar-refractivity contribution is 6.08. The molecule has 0 unspecified atom stereocenters. The lowest BCUT2D eigenvalue weighted by atomic mass is 10.1. The topological polar surface area (TPSA) is 71.3 Å². The molecule has 26 heavy (non-hydrogen) atoms. The van der Waals surface area contributed by atoms with Crippen LogP contribution >= 0.6 is 0 Å². The van der Waals surface area contributed by atoms with E-state index in [-0.39, 0.29) is 5.91 Å². The molecule has 0 bridgehead atoms. The van der Waals surface area contributed by atoms with Crippen molar-refractivity contribution in [1.29, 1.82) is 0 Å². The summed E-state index contributed by atoms with van der Waals surface area (Å²) in [5.74, 6) is 0.360. The van der Waals surface area contributed by atoms with E-state index < -0.39 is 0 Å². The summed E-state index contributed by atoms with van der Waals surface area (Å²) in [7, 11) is 0. The van der Waals surface area contributed by atoms with Crippen LogP contribution in [0.25, 0.3) is 11.5 Å². The Kier molecular flexibility index (Phi) is 4.39. The number of aromatic nitrogens is 2. The van der Waals surface area contributed by atoms with Crippen molar-refractivity contribution in [2.24, 2.45) is 0 Å². The van der Waals surface area contributed by atoms with Gasteiger partial charge in [-0.15, -0.1) is 10.2 Å². The molecule has 2 aromatic carbocycles. The first-order valence-electron chi connectivity index (χ1n) is 8.74. The zero-order chi connectivity index (χ0) is 17.9. The van der Waals surface area contributed by atoms with E-state index >= 15 is 0 Å². The number of anilines is 2. The number of carbonyl (C=O) groups is 1. The molecule has 6 heteroatoms. The summed E-state index contributed by atoms with van der Waals surface area (Å²) in [5.41, 5.74) is 4.34. The van der Waals surface area contributed by atoms with Crippen LogP contribution in [0.2, 0.25) is 0 Å². The molecule has 132 valence electrons. The highest BCUT2D eigenvalue weighted by Gasteiger charge is 2.19. The first kappa shape index (κ1) is 16.3. The highest BCUT2D eigenvalue weighted by Crippen LogP contribution is 2.27. The predicted molar refractivity (Wildman–Crippen MR) is 100 cm³/mol. The average molecular weight is 348 g/mol. The third-order valence-electron chi connectivity index (χ3n) is 4.59. The van der Waals surface area contributed by atoms with E-state index in [9.17, 15) is 4.79 Å². The molecular formula is C20H20N4O2. The van der Waals surface area contributed by atoms with E-state index in [0.29, 0.717) is 11.5 Å². The van der Waals surface area contributed by atoms with Crippen LogP contribution in [0.4, 0.5) is 11.4 Å². The fourth-order valence-corrected chi connectivity index (χ4v) is 3.26. The van der Waals surface area contributed by atoms with E-state index in [1.807, 2.05) is 43.3 Å². The summed E-state index contributed by atoms with van der Waals surface area (Å²) in [6, 6.07) is 13.4. The molecule has 0 atom stereocenters. The maximum absolute atomic E-state index is 12.9. The van der Waals surface area contributed by atoms with Crippen LogP contribution < -0.4 is 10.2 Å². The van der Waals surface area contributed by atoms with Crippen molar-refractivity contribution in [3.05, 3.63) is 60.0 Å². The van der Waals surface area contributed by atoms with Gasteiger partial charge in [0, 0.05) is 30.0 Å². The predicted octanol–water partition coefficient (Wildman–Crippen LogP) is 3.90. The quantitative estimate of drug-likeness (QED) is 0.774. The minimum Gasteiger partial charge on any atom is -0.423 e. The summed E-state index contributed by atoms with van der Waals surface area (Å²) < 4.78 is 5.18. The Morgan fingerprint density at radius 2 is 1.88 bits per heavy atom. The molecule has 1 amide bonds. The second kappa shape index (κ2) is 7.00. The van der Waals surface area contributed by atoms with Crippen molar-refractivity contribution in [2.75, 3.05) is 23.3 Å². The maximum Gasteiger partial charge on any atom is 0.257 e. The largest absolute Gasteiger partial charge is 0.423 e. The molecule has 1 N–H and O–H groups in total. The fourth-order valence-electron chi connectivity index (χ4n) is 3.26. The molecule has 4 rings (SSSR count). The summed E-state index contributed by atoms with van der Waals surface area (Å²) in [6.07, 6.45) is 3.64. The summed E-state index contributed by atoms with van der Waals surface area (Å²) in [5, 5.41) is 10.5. The number of nitrogens with zero attached hydrogens (tertiary/aromatic N) is 3. The Bertz CT molecular complexity index is 898. The van der Waals surface area contributed by atoms with Gasteiger partial charge in [0.1, 0.15) is 0 Å². The smallest absolute Gasteiger partial charge is 0.257 e. The lowest BCUT2D eigenvalue weighted by Gasteiger charge is -2.21. The van der Waals surface area contributed by atoms with Crippen molar-refractivity contribution < 1.29 is 9.21 Å². The zero-order valence-corrected chi connectivity index (χ0v) is 14.6. The minimum absolute atomic E-state index is 0.0962. The average Bonchev–Trinajstić information content (AvgIpc) is 3.36. The van der Waals surface area contributed by atoms with Crippen molar-refractivity contribution in [2.45, 2.75) is 19.8 Å². The number of amides is 1. The van der Waals surface area contributed by atoms with Crippen LogP contribution in [0.3, 0.4) is 0 Å². The monoisotopic (exact) mass is 348 g/mol. The summed E-state index contributed by atoms with van der Waals surface area (Å²) >= 11 is 0. The SMILES string of the molecule is Cc1ccc(N2CCCC2)c(C(=O)Nc2ccc(-c3nnco3)cc2)c1. The van der Waals surface area contributed by atoms with Crippen LogP contribution in [-0.2, 0) is 0 Å². The Morgan fingerprint density at radius 3 is 2.58 bits per heavy atom. The highest BCUT2D eigenvalue weighted by atomic mass is 16.4. The van der Waals surface area contributed by atoms with Gasteiger partial charge in [-0.2, -0.15) is 0 Å². The number of aryl methyl sites for hydroxylation is 1. The number of hydrogen-bond acceptors (Lipinski definition) is 5. The first-order chi connectivity index (χ1) is 12.7. The molecule has 2 heterocycles. The van der Waals surface area contributed by atoms with Crippen LogP contribution in [0.15, 0.2) is 53.3 Å². The van der Waals surface area contributed by atoms with E-state index in [0.717, 1.165) is 35.6 Å². The molecule has 3 aromatic rings. The van der Waals surface area contributed by atoms with Crippen LogP contribution in [0.5, 0.6) is 0 Å². The fraction of sp³-hybridized carbons (Fsp3) is 0.250. The molecule has 1 aliphatic rings. The standard InChI is InChI=1S/C20H20N4O2/c1-14-4-9-18(24-10-2-3-11-24)17(12-14)19(25)22-16-7-5-15(6-8-16)20-23-21-13-26-20/h4-9,12-13H,2-3,10-11H2,1H3,(H,22,25). The molecular weight excluding hydrogens is 328 g/mol. The zero-order valence-electron chi connectivity index (χ0n) is 14.6. The van der Waals surface area contributed by atoms with Crippen LogP contribution in [0.1, 0.15) is 28.8 Å². The maximum atomic E-state index is 12.9. The molecule has 1 aromatic heterocycles. The molecule has 0 radical (unpaired) electrons. The Balaban J connectivity index is 1.55. The molecule has 0 spiro atoms. The molecule has 1 aliphatic heterocycles. The van der Waals surface area contributed by atoms with Gasteiger partial charge in [-0.05, 0) is 56.2 Å². The number of hydrogen-bond donors (Lipinski definition) is 1. The Morgan fingerprint density at radius 1 is 1.12 bits per heavy atom. The van der Waals surface area contributed by atoms with Gasteiger partial charge in [-0.1, -0.05) is 11.6 Å². The van der Waals surface area contributed by atoms with E-state index in [2.05, 4.69) is 26.5 Å². The summed E-state index contributed by atoms with van der Waals surface area (Å²) in [4.78, 5) is 15.2. The number of rotatable bonds is 4. The van der Waals surface area contributed by atoms with Crippen LogP contribution in [0, 0.1) is 6.92 Å². The van der Waals surface area contributed by atoms with Gasteiger partial charge in [0.2, 0.25) is 12.3 Å². The Hall–Kier alpha value is -3.15. The van der Waals surface area contributed by atoms with Gasteiger partial charge < -0.3 is 14.6 Å². The van der Waals surface area contributed by atoms with E-state index in [4.69, 9.17) is 4.42 Å². The first-order valence-corrected chi connectivity index (χ1v) is 8.74. The minimum atomic E-state index is -0.0962. The molecule has 0 aliphatic carbocycles. The van der Waals surface area contributed by atoms with Gasteiger partial charge >= 0.3 is 0 Å². The van der Waals surface area contributed by atoms with Gasteiger partial charge in [0.25, 0.3) is 5.91 Å². The lowest BCUT2D eigenvalue weighted by molar-refractivity contribution is 0.102. The third-order valence-corrected chi connectivity index (χ3v) is 4.59. The van der Waals surface area contributed by atoms with E-state index in [1.165, 1.54) is 19.2 Å². The lowest BCUT2D eigenvalue weighted by Crippen LogP contribution is -2.23. The Labute approximate surface area is 151 Å². The van der Waals surface area contributed by atoms with Gasteiger partial charge in [0.05, 0.1) is 5.56 Å². The van der Waals surface area contributed by atoms with Gasteiger partial charge in [-0.25, -0.2) is 0 Å². The normalized spacial score (nSPS) is 13.8. The number of nitrogens with one attached hydrogen (secondary N) is 1. The number of benzene rings is 2. The van der Waals surface area contributed by atoms with E-state index in [1.54, 1.807) is 0 Å². The third kappa shape index (κ3) is 3.31. The second-order valence-corrected chi connectivity index (χ2v) is 6.49. The molecule has 1 fully saturated rings. The van der Waals surface area contributed by atoms with Crippen molar-refractivity contribution >= 4 is 17.3 Å². The number of carbonyl (C=O) groups excluding carboxylic acids is 1. The van der Waals surface area contributed by atoms with Gasteiger partial charge in [0.15, 0.2) is 0 Å². The molecule has 6 nitrogen and oxygen atoms in total. The van der Waals surface area contributed by atoms with Crippen molar-refractivity contribution in [3.8, 4) is 11.5 Å².